The summed E-state index contributed by atoms with van der Waals surface area (Å²) in [6.07, 6.45) is 2.08. The Morgan fingerprint density at radius 3 is 2.19 bits per heavy atom. The average Bonchev–Trinajstić information content (AvgIpc) is 3.11. The molecule has 0 bridgehead atoms. The van der Waals surface area contributed by atoms with Crippen molar-refractivity contribution in [1.82, 2.24) is 0 Å². The van der Waals surface area contributed by atoms with Gasteiger partial charge in [-0.05, 0) is 35.8 Å². The molecule has 88 valence electrons. The smallest absolute Gasteiger partial charge is 0.0943 e. The third-order valence-corrected chi connectivity index (χ3v) is 3.46. The molecule has 0 saturated heterocycles. The molecule has 0 heterocycles. The molecule has 1 aromatic carbocycles. The van der Waals surface area contributed by atoms with Crippen LogP contribution in [0.5, 0.6) is 0 Å². The van der Waals surface area contributed by atoms with Crippen LogP contribution in [0.25, 0.3) is 0 Å². The first-order valence-electron chi connectivity index (χ1n) is 6.13. The van der Waals surface area contributed by atoms with Gasteiger partial charge in [0.05, 0.1) is 6.10 Å². The number of nitrogens with two attached hydrogens (primary N) is 1. The molecule has 0 radical (unpaired) electrons. The summed E-state index contributed by atoms with van der Waals surface area (Å²) >= 11 is 0. The highest BCUT2D eigenvalue weighted by atomic mass is 16.3. The molecule has 2 atom stereocenters. The van der Waals surface area contributed by atoms with Crippen LogP contribution in [-0.2, 0) is 0 Å². The summed E-state index contributed by atoms with van der Waals surface area (Å²) in [4.78, 5) is 0. The molecule has 1 aliphatic rings. The lowest BCUT2D eigenvalue weighted by Gasteiger charge is -2.22. The molecule has 1 saturated carbocycles. The van der Waals surface area contributed by atoms with E-state index in [1.54, 1.807) is 0 Å². The summed E-state index contributed by atoms with van der Waals surface area (Å²) in [7, 11) is 0. The second-order valence-corrected chi connectivity index (χ2v) is 5.21. The Morgan fingerprint density at radius 2 is 1.75 bits per heavy atom. The summed E-state index contributed by atoms with van der Waals surface area (Å²) < 4.78 is 0. The standard InChI is InChI=1S/C14H21NO/c1-9(2)13(15)14(16)12-7-5-11(6-8-12)10-3-4-10/h5-10,13-14,16H,3-4,15H2,1-2H3. The normalized spacial score (nSPS) is 19.8. The summed E-state index contributed by atoms with van der Waals surface area (Å²) in [5, 5.41) is 10.1. The van der Waals surface area contributed by atoms with E-state index in [1.165, 1.54) is 18.4 Å². The van der Waals surface area contributed by atoms with E-state index in [9.17, 15) is 5.11 Å². The predicted octanol–water partition coefficient (Wildman–Crippen LogP) is 2.58. The third kappa shape index (κ3) is 2.45. The van der Waals surface area contributed by atoms with Crippen LogP contribution < -0.4 is 5.73 Å². The van der Waals surface area contributed by atoms with Crippen LogP contribution in [0.15, 0.2) is 24.3 Å². The van der Waals surface area contributed by atoms with Crippen molar-refractivity contribution in [3.05, 3.63) is 35.4 Å². The maximum Gasteiger partial charge on any atom is 0.0943 e. The largest absolute Gasteiger partial charge is 0.387 e. The molecule has 1 aliphatic carbocycles. The molecular formula is C14H21NO. The Kier molecular flexibility index (Phi) is 3.31. The number of aliphatic hydroxyl groups excluding tert-OH is 1. The van der Waals surface area contributed by atoms with E-state index in [4.69, 9.17) is 5.73 Å². The fourth-order valence-corrected chi connectivity index (χ4v) is 1.97. The van der Waals surface area contributed by atoms with Crippen LogP contribution in [0.2, 0.25) is 0 Å². The molecule has 0 amide bonds. The van der Waals surface area contributed by atoms with Crippen molar-refractivity contribution in [2.24, 2.45) is 11.7 Å². The molecular weight excluding hydrogens is 198 g/mol. The maximum atomic E-state index is 10.1. The van der Waals surface area contributed by atoms with Gasteiger partial charge >= 0.3 is 0 Å². The van der Waals surface area contributed by atoms with Crippen molar-refractivity contribution in [1.29, 1.82) is 0 Å². The number of benzene rings is 1. The van der Waals surface area contributed by atoms with E-state index in [2.05, 4.69) is 12.1 Å². The van der Waals surface area contributed by atoms with Crippen LogP contribution >= 0.6 is 0 Å². The fourth-order valence-electron chi connectivity index (χ4n) is 1.97. The molecule has 1 aromatic rings. The second-order valence-electron chi connectivity index (χ2n) is 5.21. The van der Waals surface area contributed by atoms with Crippen molar-refractivity contribution in [3.63, 3.8) is 0 Å². The van der Waals surface area contributed by atoms with Gasteiger partial charge < -0.3 is 10.8 Å². The molecule has 3 N–H and O–H groups in total. The molecule has 2 nitrogen and oxygen atoms in total. The summed E-state index contributed by atoms with van der Waals surface area (Å²) in [5.74, 6) is 1.06. The first-order valence-corrected chi connectivity index (χ1v) is 6.13. The van der Waals surface area contributed by atoms with Gasteiger partial charge in [0.2, 0.25) is 0 Å². The summed E-state index contributed by atoms with van der Waals surface area (Å²) in [6.45, 7) is 4.07. The quantitative estimate of drug-likeness (QED) is 0.817. The fraction of sp³-hybridized carbons (Fsp3) is 0.571. The zero-order valence-corrected chi connectivity index (χ0v) is 10.1. The highest BCUT2D eigenvalue weighted by Crippen LogP contribution is 2.40. The van der Waals surface area contributed by atoms with Crippen LogP contribution in [-0.4, -0.2) is 11.1 Å². The number of aliphatic hydroxyl groups is 1. The van der Waals surface area contributed by atoms with Gasteiger partial charge in [0, 0.05) is 6.04 Å². The van der Waals surface area contributed by atoms with Crippen LogP contribution in [0.3, 0.4) is 0 Å². The maximum absolute atomic E-state index is 10.1. The van der Waals surface area contributed by atoms with E-state index in [-0.39, 0.29) is 12.0 Å². The van der Waals surface area contributed by atoms with Gasteiger partial charge in [-0.3, -0.25) is 0 Å². The minimum Gasteiger partial charge on any atom is -0.387 e. The van der Waals surface area contributed by atoms with Gasteiger partial charge in [0.1, 0.15) is 0 Å². The van der Waals surface area contributed by atoms with Crippen molar-refractivity contribution in [2.75, 3.05) is 0 Å². The van der Waals surface area contributed by atoms with Crippen molar-refractivity contribution in [2.45, 2.75) is 44.8 Å². The van der Waals surface area contributed by atoms with Crippen LogP contribution in [0.1, 0.15) is 49.8 Å². The predicted molar refractivity (Wildman–Crippen MR) is 66.2 cm³/mol. The van der Waals surface area contributed by atoms with Gasteiger partial charge in [0.15, 0.2) is 0 Å². The van der Waals surface area contributed by atoms with E-state index in [0.717, 1.165) is 11.5 Å². The Morgan fingerprint density at radius 1 is 1.19 bits per heavy atom. The van der Waals surface area contributed by atoms with Gasteiger partial charge in [-0.15, -0.1) is 0 Å². The number of rotatable bonds is 4. The van der Waals surface area contributed by atoms with E-state index < -0.39 is 6.10 Å². The van der Waals surface area contributed by atoms with Gasteiger partial charge in [-0.1, -0.05) is 38.1 Å². The molecule has 0 spiro atoms. The summed E-state index contributed by atoms with van der Waals surface area (Å²) in [6, 6.07) is 8.10. The van der Waals surface area contributed by atoms with Gasteiger partial charge in [-0.2, -0.15) is 0 Å². The number of hydrogen-bond acceptors (Lipinski definition) is 2. The van der Waals surface area contributed by atoms with E-state index in [0.29, 0.717) is 0 Å². The van der Waals surface area contributed by atoms with E-state index >= 15 is 0 Å². The highest BCUT2D eigenvalue weighted by molar-refractivity contribution is 5.29. The number of hydrogen-bond donors (Lipinski definition) is 2. The molecule has 0 aliphatic heterocycles. The zero-order valence-electron chi connectivity index (χ0n) is 10.1. The minimum atomic E-state index is -0.548. The third-order valence-electron chi connectivity index (χ3n) is 3.46. The zero-order chi connectivity index (χ0) is 11.7. The SMILES string of the molecule is CC(C)C(N)C(O)c1ccc(C2CC2)cc1. The minimum absolute atomic E-state index is 0.188. The lowest BCUT2D eigenvalue weighted by molar-refractivity contribution is 0.126. The first kappa shape index (κ1) is 11.6. The van der Waals surface area contributed by atoms with E-state index in [1.807, 2.05) is 26.0 Å². The highest BCUT2D eigenvalue weighted by Gasteiger charge is 2.24. The average molecular weight is 219 g/mol. The van der Waals surface area contributed by atoms with Crippen LogP contribution in [0.4, 0.5) is 0 Å². The monoisotopic (exact) mass is 219 g/mol. The molecule has 2 rings (SSSR count). The molecule has 1 fully saturated rings. The lowest BCUT2D eigenvalue weighted by atomic mass is 9.93. The molecule has 16 heavy (non-hydrogen) atoms. The first-order chi connectivity index (χ1) is 7.59. The summed E-state index contributed by atoms with van der Waals surface area (Å²) in [5.41, 5.74) is 8.29. The molecule has 2 unspecified atom stereocenters. The van der Waals surface area contributed by atoms with Crippen LogP contribution in [0, 0.1) is 5.92 Å². The Labute approximate surface area is 97.5 Å². The Bertz CT molecular complexity index is 340. The molecule has 2 heteroatoms. The Hall–Kier alpha value is -0.860. The van der Waals surface area contributed by atoms with Crippen molar-refractivity contribution < 1.29 is 5.11 Å². The van der Waals surface area contributed by atoms with Gasteiger partial charge in [-0.25, -0.2) is 0 Å². The Balaban J connectivity index is 2.08. The molecule has 0 aromatic heterocycles. The second kappa shape index (κ2) is 4.56. The van der Waals surface area contributed by atoms with Gasteiger partial charge in [0.25, 0.3) is 0 Å². The van der Waals surface area contributed by atoms with Crippen molar-refractivity contribution in [3.8, 4) is 0 Å². The lowest BCUT2D eigenvalue weighted by Crippen LogP contribution is -2.33. The topological polar surface area (TPSA) is 46.2 Å². The van der Waals surface area contributed by atoms with Crippen molar-refractivity contribution >= 4 is 0 Å².